The van der Waals surface area contributed by atoms with Gasteiger partial charge in [-0.15, -0.1) is 24.8 Å². The van der Waals surface area contributed by atoms with E-state index in [9.17, 15) is 4.79 Å². The Kier molecular flexibility index (Phi) is 7.54. The van der Waals surface area contributed by atoms with E-state index >= 15 is 0 Å². The molecule has 2 aliphatic rings. The Bertz CT molecular complexity index is 539. The maximum atomic E-state index is 12.4. The topological polar surface area (TPSA) is 91.5 Å². The summed E-state index contributed by atoms with van der Waals surface area (Å²) in [5.41, 5.74) is 6.36. The summed E-state index contributed by atoms with van der Waals surface area (Å²) in [7, 11) is 0. The summed E-state index contributed by atoms with van der Waals surface area (Å²) >= 11 is 1.24. The second kappa shape index (κ2) is 8.48. The van der Waals surface area contributed by atoms with Crippen LogP contribution in [0.4, 0.5) is 5.13 Å². The second-order valence-electron chi connectivity index (χ2n) is 6.03. The number of amides is 1. The maximum absolute atomic E-state index is 12.4. The Hall–Kier alpha value is -0.600. The van der Waals surface area contributed by atoms with E-state index in [1.165, 1.54) is 24.2 Å². The van der Waals surface area contributed by atoms with E-state index < -0.39 is 0 Å². The van der Waals surface area contributed by atoms with Crippen molar-refractivity contribution < 1.29 is 9.90 Å². The number of nitrogens with one attached hydrogen (secondary N) is 1. The number of thiazole rings is 1. The summed E-state index contributed by atoms with van der Waals surface area (Å²) < 4.78 is 0. The summed E-state index contributed by atoms with van der Waals surface area (Å²) in [5.74, 6) is 1.17. The molecule has 9 heteroatoms. The Morgan fingerprint density at radius 1 is 1.43 bits per heavy atom. The van der Waals surface area contributed by atoms with Gasteiger partial charge in [0, 0.05) is 25.7 Å². The number of aryl methyl sites for hydroxylation is 1. The van der Waals surface area contributed by atoms with E-state index in [2.05, 4.69) is 15.2 Å². The van der Waals surface area contributed by atoms with E-state index in [1.807, 2.05) is 6.92 Å². The largest absolute Gasteiger partial charge is 0.395 e. The van der Waals surface area contributed by atoms with Gasteiger partial charge in [-0.1, -0.05) is 11.3 Å². The lowest BCUT2D eigenvalue weighted by atomic mass is 9.98. The molecule has 6 nitrogen and oxygen atoms in total. The number of nitrogens with two attached hydrogens (primary N) is 1. The van der Waals surface area contributed by atoms with E-state index in [-0.39, 0.29) is 43.4 Å². The molecule has 0 unspecified atom stereocenters. The van der Waals surface area contributed by atoms with Crippen molar-refractivity contribution >= 4 is 47.2 Å². The third-order valence-electron chi connectivity index (χ3n) is 4.42. The predicted molar refractivity (Wildman–Crippen MR) is 96.8 cm³/mol. The summed E-state index contributed by atoms with van der Waals surface area (Å²) in [6.07, 6.45) is 2.52. The van der Waals surface area contributed by atoms with Crippen molar-refractivity contribution in [3.63, 3.8) is 0 Å². The number of nitrogen functional groups attached to an aromatic ring is 1. The fraction of sp³-hybridized carbons (Fsp3) is 0.714. The van der Waals surface area contributed by atoms with Gasteiger partial charge in [0.2, 0.25) is 0 Å². The molecule has 1 saturated heterocycles. The number of nitrogens with zero attached hydrogens (tertiary/aromatic N) is 2. The molecule has 1 amide bonds. The van der Waals surface area contributed by atoms with E-state index in [4.69, 9.17) is 10.8 Å². The highest BCUT2D eigenvalue weighted by Gasteiger charge is 2.43. The molecule has 2 atom stereocenters. The number of likely N-dealkylation sites (tertiary alicyclic amines) is 1. The number of anilines is 1. The van der Waals surface area contributed by atoms with Crippen molar-refractivity contribution in [2.45, 2.75) is 25.8 Å². The van der Waals surface area contributed by atoms with Gasteiger partial charge in [-0.2, -0.15) is 0 Å². The highest BCUT2D eigenvalue weighted by molar-refractivity contribution is 7.17. The highest BCUT2D eigenvalue weighted by Crippen LogP contribution is 2.41. The Labute approximate surface area is 152 Å². The number of aliphatic hydroxyl groups excluding tert-OH is 1. The highest BCUT2D eigenvalue weighted by atomic mass is 35.5. The van der Waals surface area contributed by atoms with Crippen molar-refractivity contribution in [1.82, 2.24) is 15.2 Å². The molecule has 0 aromatic carbocycles. The SMILES string of the molecule is Cc1nc(N)sc1C(=O)N[C@H]1CN(CCO)C[C@@H]1C1CC1.Cl.Cl. The van der Waals surface area contributed by atoms with Crippen LogP contribution in [-0.2, 0) is 0 Å². The molecule has 2 heterocycles. The molecular weight excluding hydrogens is 359 g/mol. The summed E-state index contributed by atoms with van der Waals surface area (Å²) in [6.45, 7) is 4.46. The van der Waals surface area contributed by atoms with Crippen LogP contribution in [0.3, 0.4) is 0 Å². The van der Waals surface area contributed by atoms with Crippen LogP contribution in [0.15, 0.2) is 0 Å². The lowest BCUT2D eigenvalue weighted by molar-refractivity contribution is 0.0931. The average molecular weight is 383 g/mol. The van der Waals surface area contributed by atoms with Crippen molar-refractivity contribution in [3.05, 3.63) is 10.6 Å². The third-order valence-corrected chi connectivity index (χ3v) is 5.41. The zero-order valence-electron chi connectivity index (χ0n) is 13.0. The first-order valence-electron chi connectivity index (χ1n) is 7.45. The average Bonchev–Trinajstić information content (AvgIpc) is 3.11. The zero-order valence-corrected chi connectivity index (χ0v) is 15.5. The smallest absolute Gasteiger partial charge is 0.263 e. The van der Waals surface area contributed by atoms with Gasteiger partial charge in [-0.05, 0) is 31.6 Å². The van der Waals surface area contributed by atoms with Crippen molar-refractivity contribution in [1.29, 1.82) is 0 Å². The molecule has 1 aromatic rings. The van der Waals surface area contributed by atoms with E-state index in [0.717, 1.165) is 19.0 Å². The van der Waals surface area contributed by atoms with Crippen LogP contribution in [-0.4, -0.2) is 53.2 Å². The molecule has 0 spiro atoms. The fourth-order valence-electron chi connectivity index (χ4n) is 3.25. The Morgan fingerprint density at radius 3 is 2.65 bits per heavy atom. The van der Waals surface area contributed by atoms with Crippen LogP contribution in [0, 0.1) is 18.8 Å². The fourth-order valence-corrected chi connectivity index (χ4v) is 3.99. The lowest BCUT2D eigenvalue weighted by Crippen LogP contribution is -2.41. The minimum atomic E-state index is -0.0665. The van der Waals surface area contributed by atoms with Crippen LogP contribution < -0.4 is 11.1 Å². The number of hydrogen-bond donors (Lipinski definition) is 3. The first kappa shape index (κ1) is 20.4. The monoisotopic (exact) mass is 382 g/mol. The number of β-amino-alcohol motifs (C(OH)–C–C–N with tert-alkyl or cyclic N) is 1. The van der Waals surface area contributed by atoms with Crippen LogP contribution in [0.5, 0.6) is 0 Å². The first-order valence-corrected chi connectivity index (χ1v) is 8.27. The molecule has 23 heavy (non-hydrogen) atoms. The number of hydrogen-bond acceptors (Lipinski definition) is 6. The lowest BCUT2D eigenvalue weighted by Gasteiger charge is -2.19. The molecule has 1 aromatic heterocycles. The van der Waals surface area contributed by atoms with Crippen molar-refractivity contribution in [3.8, 4) is 0 Å². The number of rotatable bonds is 5. The Balaban J connectivity index is 0.00000132. The molecule has 0 radical (unpaired) electrons. The maximum Gasteiger partial charge on any atom is 0.263 e. The van der Waals surface area contributed by atoms with Crippen LogP contribution in [0.2, 0.25) is 0 Å². The van der Waals surface area contributed by atoms with Crippen LogP contribution in [0.1, 0.15) is 28.2 Å². The Morgan fingerprint density at radius 2 is 2.13 bits per heavy atom. The van der Waals surface area contributed by atoms with Gasteiger partial charge < -0.3 is 16.2 Å². The molecule has 1 aliphatic heterocycles. The number of halogens is 2. The number of carbonyl (C=O) groups excluding carboxylic acids is 1. The predicted octanol–water partition coefficient (Wildman–Crippen LogP) is 1.31. The van der Waals surface area contributed by atoms with Gasteiger partial charge in [-0.3, -0.25) is 9.69 Å². The van der Waals surface area contributed by atoms with Gasteiger partial charge in [0.15, 0.2) is 5.13 Å². The standard InChI is InChI=1S/C14H22N4O2S.2ClH/c1-8-12(21-14(15)16-8)13(20)17-11-7-18(4-5-19)6-10(11)9-2-3-9;;/h9-11,19H,2-7H2,1H3,(H2,15,16)(H,17,20);2*1H/t10-,11+;;/m1../s1. The molecule has 0 bridgehead atoms. The summed E-state index contributed by atoms with van der Waals surface area (Å²) in [4.78, 5) is 19.4. The zero-order chi connectivity index (χ0) is 15.0. The van der Waals surface area contributed by atoms with Gasteiger partial charge >= 0.3 is 0 Å². The molecular formula is C14H24Cl2N4O2S. The number of carbonyl (C=O) groups is 1. The van der Waals surface area contributed by atoms with Gasteiger partial charge in [0.1, 0.15) is 4.88 Å². The summed E-state index contributed by atoms with van der Waals surface area (Å²) in [6, 6.07) is 0.166. The quantitative estimate of drug-likeness (QED) is 0.713. The van der Waals surface area contributed by atoms with Gasteiger partial charge in [0.05, 0.1) is 12.3 Å². The number of aliphatic hydroxyl groups is 1. The van der Waals surface area contributed by atoms with Crippen LogP contribution >= 0.6 is 36.2 Å². The van der Waals surface area contributed by atoms with Crippen molar-refractivity contribution in [2.75, 3.05) is 32.0 Å². The van der Waals surface area contributed by atoms with Crippen molar-refractivity contribution in [2.24, 2.45) is 11.8 Å². The second-order valence-corrected chi connectivity index (χ2v) is 7.06. The molecule has 2 fully saturated rings. The van der Waals surface area contributed by atoms with Crippen LogP contribution in [0.25, 0.3) is 0 Å². The summed E-state index contributed by atoms with van der Waals surface area (Å²) in [5, 5.41) is 12.7. The minimum Gasteiger partial charge on any atom is -0.395 e. The first-order chi connectivity index (χ1) is 10.1. The van der Waals surface area contributed by atoms with E-state index in [1.54, 1.807) is 0 Å². The molecule has 1 aliphatic carbocycles. The normalized spacial score (nSPS) is 23.9. The third kappa shape index (κ3) is 4.70. The molecule has 132 valence electrons. The minimum absolute atomic E-state index is 0. The van der Waals surface area contributed by atoms with E-state index in [0.29, 0.717) is 28.2 Å². The van der Waals surface area contributed by atoms with Gasteiger partial charge in [-0.25, -0.2) is 4.98 Å². The number of aromatic nitrogens is 1. The molecule has 4 N–H and O–H groups in total. The van der Waals surface area contributed by atoms with Gasteiger partial charge in [0.25, 0.3) is 5.91 Å². The molecule has 1 saturated carbocycles. The molecule has 3 rings (SSSR count).